The van der Waals surface area contributed by atoms with Crippen molar-refractivity contribution in [2.45, 2.75) is 7.43 Å². The van der Waals surface area contributed by atoms with Crippen LogP contribution >= 0.6 is 0 Å². The van der Waals surface area contributed by atoms with Crippen molar-refractivity contribution < 1.29 is 9.18 Å². The van der Waals surface area contributed by atoms with Gasteiger partial charge in [0.25, 0.3) is 5.91 Å². The van der Waals surface area contributed by atoms with Gasteiger partial charge in [0, 0.05) is 52.7 Å². The van der Waals surface area contributed by atoms with Crippen molar-refractivity contribution in [1.82, 2.24) is 4.98 Å². The first-order valence-corrected chi connectivity index (χ1v) is 7.39. The molecule has 1 aromatic heterocycles. The van der Waals surface area contributed by atoms with Crippen molar-refractivity contribution in [2.24, 2.45) is 5.73 Å². The average Bonchev–Trinajstić information content (AvgIpc) is 3.18. The monoisotopic (exact) mass is 326 g/mol. The first kappa shape index (κ1) is 16.0. The average molecular weight is 326 g/mol. The number of hydrogen-bond donors (Lipinski definition) is 4. The number of aromatic amines is 1. The van der Waals surface area contributed by atoms with Crippen molar-refractivity contribution >= 4 is 28.1 Å². The highest BCUT2D eigenvalue weighted by molar-refractivity contribution is 6.28. The number of hydrogen-bond acceptors (Lipinski definition) is 3. The summed E-state index contributed by atoms with van der Waals surface area (Å²) in [5, 5.41) is 7.00. The summed E-state index contributed by atoms with van der Waals surface area (Å²) in [4.78, 5) is 15.5. The lowest BCUT2D eigenvalue weighted by atomic mass is 9.96. The molecule has 6 heteroatoms. The van der Waals surface area contributed by atoms with Crippen LogP contribution in [0, 0.1) is 5.82 Å². The first-order valence-electron chi connectivity index (χ1n) is 7.39. The van der Waals surface area contributed by atoms with Crippen LogP contribution in [0.15, 0.2) is 36.5 Å². The highest BCUT2D eigenvalue weighted by Crippen LogP contribution is 2.43. The van der Waals surface area contributed by atoms with Crippen LogP contribution in [0.25, 0.3) is 22.0 Å². The van der Waals surface area contributed by atoms with Crippen molar-refractivity contribution in [3.8, 4) is 11.3 Å². The second-order valence-corrected chi connectivity index (χ2v) is 5.45. The molecule has 0 atom stereocenters. The number of aromatic nitrogens is 1. The molecule has 0 saturated carbocycles. The SMILES string of the molecule is C.NCCNc1cc(-c2ccc[nH]2)c2c3c(ccc(F)c13)NC2=O. The Balaban J connectivity index is 0.00000169. The maximum atomic E-state index is 14.4. The Kier molecular flexibility index (Phi) is 3.99. The molecule has 0 unspecified atom stereocenters. The zero-order valence-corrected chi connectivity index (χ0v) is 12.2. The van der Waals surface area contributed by atoms with Gasteiger partial charge in [-0.1, -0.05) is 7.43 Å². The number of carbonyl (C=O) groups excluding carboxylic acids is 1. The topological polar surface area (TPSA) is 82.9 Å². The second kappa shape index (κ2) is 5.98. The van der Waals surface area contributed by atoms with Gasteiger partial charge in [-0.3, -0.25) is 4.79 Å². The van der Waals surface area contributed by atoms with Crippen LogP contribution in [0.4, 0.5) is 15.8 Å². The van der Waals surface area contributed by atoms with Crippen molar-refractivity contribution in [1.29, 1.82) is 0 Å². The first-order chi connectivity index (χ1) is 11.2. The van der Waals surface area contributed by atoms with Crippen molar-refractivity contribution in [3.05, 3.63) is 47.9 Å². The Morgan fingerprint density at radius 3 is 2.75 bits per heavy atom. The molecule has 0 aliphatic carbocycles. The molecule has 3 aromatic rings. The summed E-state index contributed by atoms with van der Waals surface area (Å²) in [6.07, 6.45) is 1.79. The molecule has 0 saturated heterocycles. The summed E-state index contributed by atoms with van der Waals surface area (Å²) >= 11 is 0. The Labute approximate surface area is 139 Å². The number of nitrogens with two attached hydrogens (primary N) is 1. The molecule has 4 rings (SSSR count). The van der Waals surface area contributed by atoms with E-state index in [1.807, 2.05) is 12.1 Å². The highest BCUT2D eigenvalue weighted by atomic mass is 19.1. The Bertz CT molecular complexity index is 919. The third-order valence-electron chi connectivity index (χ3n) is 4.06. The van der Waals surface area contributed by atoms with E-state index >= 15 is 0 Å². The summed E-state index contributed by atoms with van der Waals surface area (Å²) in [5.41, 5.74) is 8.87. The van der Waals surface area contributed by atoms with E-state index in [1.165, 1.54) is 6.07 Å². The fourth-order valence-electron chi connectivity index (χ4n) is 3.10. The molecule has 0 fully saturated rings. The van der Waals surface area contributed by atoms with Gasteiger partial charge < -0.3 is 21.4 Å². The lowest BCUT2D eigenvalue weighted by Crippen LogP contribution is -2.14. The third-order valence-corrected chi connectivity index (χ3v) is 4.06. The van der Waals surface area contributed by atoms with Gasteiger partial charge in [0.05, 0.1) is 5.56 Å². The van der Waals surface area contributed by atoms with E-state index in [9.17, 15) is 9.18 Å². The Morgan fingerprint density at radius 2 is 2.04 bits per heavy atom. The third kappa shape index (κ3) is 2.23. The van der Waals surface area contributed by atoms with Crippen LogP contribution in [0.2, 0.25) is 0 Å². The summed E-state index contributed by atoms with van der Waals surface area (Å²) < 4.78 is 14.4. The minimum absolute atomic E-state index is 0. The van der Waals surface area contributed by atoms with E-state index in [4.69, 9.17) is 5.73 Å². The molecule has 0 radical (unpaired) electrons. The van der Waals surface area contributed by atoms with Crippen LogP contribution in [0.1, 0.15) is 17.8 Å². The number of rotatable bonds is 4. The quantitative estimate of drug-likeness (QED) is 0.592. The van der Waals surface area contributed by atoms with E-state index < -0.39 is 0 Å². The lowest BCUT2D eigenvalue weighted by molar-refractivity contribution is 0.103. The van der Waals surface area contributed by atoms with Crippen LogP contribution in [-0.2, 0) is 0 Å². The number of amides is 1. The summed E-state index contributed by atoms with van der Waals surface area (Å²) in [7, 11) is 0. The fraction of sp³-hybridized carbons (Fsp3) is 0.167. The van der Waals surface area contributed by atoms with Crippen LogP contribution in [0.5, 0.6) is 0 Å². The number of benzene rings is 2. The van der Waals surface area contributed by atoms with E-state index in [1.54, 1.807) is 18.3 Å². The smallest absolute Gasteiger partial charge is 0.257 e. The standard InChI is InChI=1S/C17H15FN4O.CH4/c18-10-3-4-12-16-14(17(23)22-12)9(11-2-1-6-20-11)8-13(15(10)16)21-7-5-19;/h1-4,6,8,20-21H,5,7,19H2,(H,22,23);1H4. The minimum atomic E-state index is -0.362. The summed E-state index contributed by atoms with van der Waals surface area (Å²) in [5.74, 6) is -0.579. The maximum absolute atomic E-state index is 14.4. The van der Waals surface area contributed by atoms with Gasteiger partial charge in [0.15, 0.2) is 0 Å². The molecule has 0 bridgehead atoms. The largest absolute Gasteiger partial charge is 0.383 e. The van der Waals surface area contributed by atoms with Gasteiger partial charge in [0.1, 0.15) is 5.82 Å². The van der Waals surface area contributed by atoms with Crippen LogP contribution in [-0.4, -0.2) is 24.0 Å². The van der Waals surface area contributed by atoms with E-state index in [2.05, 4.69) is 15.6 Å². The molecule has 1 aliphatic rings. The Hall–Kier alpha value is -2.86. The molecule has 24 heavy (non-hydrogen) atoms. The molecule has 1 aliphatic heterocycles. The molecule has 2 heterocycles. The molecule has 124 valence electrons. The molecule has 0 spiro atoms. The van der Waals surface area contributed by atoms with Gasteiger partial charge in [0.2, 0.25) is 0 Å². The summed E-state index contributed by atoms with van der Waals surface area (Å²) in [6.45, 7) is 0.948. The number of H-pyrrole nitrogens is 1. The lowest BCUT2D eigenvalue weighted by Gasteiger charge is -2.14. The highest BCUT2D eigenvalue weighted by Gasteiger charge is 2.29. The van der Waals surface area contributed by atoms with E-state index in [0.717, 1.165) is 11.3 Å². The molecule has 2 aromatic carbocycles. The van der Waals surface area contributed by atoms with Crippen molar-refractivity contribution in [3.63, 3.8) is 0 Å². The zero-order chi connectivity index (χ0) is 16.0. The van der Waals surface area contributed by atoms with Gasteiger partial charge in [-0.25, -0.2) is 4.39 Å². The number of halogens is 1. The van der Waals surface area contributed by atoms with Gasteiger partial charge in [-0.05, 0) is 30.3 Å². The van der Waals surface area contributed by atoms with E-state index in [0.29, 0.717) is 40.8 Å². The molecular formula is C18H19FN4O. The molecule has 1 amide bonds. The minimum Gasteiger partial charge on any atom is -0.383 e. The molecule has 5 nitrogen and oxygen atoms in total. The fourth-order valence-corrected chi connectivity index (χ4v) is 3.10. The van der Waals surface area contributed by atoms with Gasteiger partial charge >= 0.3 is 0 Å². The maximum Gasteiger partial charge on any atom is 0.257 e. The van der Waals surface area contributed by atoms with Crippen LogP contribution in [0.3, 0.4) is 0 Å². The van der Waals surface area contributed by atoms with Gasteiger partial charge in [-0.15, -0.1) is 0 Å². The summed E-state index contributed by atoms with van der Waals surface area (Å²) in [6, 6.07) is 8.51. The molecular weight excluding hydrogens is 307 g/mol. The van der Waals surface area contributed by atoms with Crippen LogP contribution < -0.4 is 16.4 Å². The van der Waals surface area contributed by atoms with Crippen molar-refractivity contribution in [2.75, 3.05) is 23.7 Å². The normalized spacial score (nSPS) is 12.2. The van der Waals surface area contributed by atoms with E-state index in [-0.39, 0.29) is 19.2 Å². The number of nitrogens with one attached hydrogen (secondary N) is 3. The Morgan fingerprint density at radius 1 is 1.21 bits per heavy atom. The van der Waals surface area contributed by atoms with Gasteiger partial charge in [-0.2, -0.15) is 0 Å². The second-order valence-electron chi connectivity index (χ2n) is 5.45. The zero-order valence-electron chi connectivity index (χ0n) is 12.2. The number of anilines is 2. The number of carbonyl (C=O) groups is 1. The molecule has 5 N–H and O–H groups in total. The predicted octanol–water partition coefficient (Wildman–Crippen LogP) is 3.55. The predicted molar refractivity (Wildman–Crippen MR) is 95.9 cm³/mol.